The summed E-state index contributed by atoms with van der Waals surface area (Å²) in [6, 6.07) is 6.24. The van der Waals surface area contributed by atoms with Crippen LogP contribution in [0.1, 0.15) is 49.7 Å². The molecule has 0 radical (unpaired) electrons. The monoisotopic (exact) mass is 288 g/mol. The summed E-state index contributed by atoms with van der Waals surface area (Å²) >= 11 is 0. The Labute approximate surface area is 128 Å². The van der Waals surface area contributed by atoms with Crippen LogP contribution in [0.15, 0.2) is 18.2 Å². The molecule has 3 heteroatoms. The second-order valence-electron chi connectivity index (χ2n) is 6.55. The summed E-state index contributed by atoms with van der Waals surface area (Å²) in [4.78, 5) is 14.9. The van der Waals surface area contributed by atoms with E-state index in [0.29, 0.717) is 6.54 Å². The first-order valence-electron chi connectivity index (χ1n) is 8.06. The quantitative estimate of drug-likeness (QED) is 0.864. The van der Waals surface area contributed by atoms with Gasteiger partial charge in [0.2, 0.25) is 5.91 Å². The van der Waals surface area contributed by atoms with E-state index >= 15 is 0 Å². The van der Waals surface area contributed by atoms with Gasteiger partial charge >= 0.3 is 0 Å². The predicted octanol–water partition coefficient (Wildman–Crippen LogP) is 3.57. The molecule has 1 fully saturated rings. The Bertz CT molecular complexity index is 502. The van der Waals surface area contributed by atoms with Gasteiger partial charge in [0.05, 0.1) is 5.41 Å². The average Bonchev–Trinajstić information content (AvgIpc) is 2.72. The van der Waals surface area contributed by atoms with Crippen molar-refractivity contribution in [2.75, 3.05) is 18.5 Å². The van der Waals surface area contributed by atoms with Gasteiger partial charge in [0, 0.05) is 19.3 Å². The summed E-state index contributed by atoms with van der Waals surface area (Å²) in [6.45, 7) is 4.60. The summed E-state index contributed by atoms with van der Waals surface area (Å²) in [7, 11) is 1.89. The van der Waals surface area contributed by atoms with Gasteiger partial charge in [-0.3, -0.25) is 4.79 Å². The average molecular weight is 288 g/mol. The highest BCUT2D eigenvalue weighted by Gasteiger charge is 2.39. The second kappa shape index (κ2) is 6.61. The van der Waals surface area contributed by atoms with Crippen LogP contribution in [-0.4, -0.2) is 19.5 Å². The molecule has 1 aromatic carbocycles. The molecule has 0 saturated heterocycles. The van der Waals surface area contributed by atoms with E-state index in [-0.39, 0.29) is 11.3 Å². The number of aryl methyl sites for hydroxylation is 2. The molecular weight excluding hydrogens is 260 g/mol. The first-order valence-corrected chi connectivity index (χ1v) is 8.06. The van der Waals surface area contributed by atoms with Gasteiger partial charge in [-0.15, -0.1) is 0 Å². The first kappa shape index (κ1) is 16.0. The van der Waals surface area contributed by atoms with Crippen molar-refractivity contribution < 1.29 is 4.79 Å². The Hall–Kier alpha value is -1.35. The van der Waals surface area contributed by atoms with Gasteiger partial charge in [0.25, 0.3) is 0 Å². The molecule has 0 atom stereocenters. The van der Waals surface area contributed by atoms with E-state index in [1.54, 1.807) is 0 Å². The Kier molecular flexibility index (Phi) is 5.04. The molecule has 0 unspecified atom stereocenters. The van der Waals surface area contributed by atoms with Crippen molar-refractivity contribution >= 4 is 11.6 Å². The number of nitrogens with two attached hydrogens (primary N) is 1. The van der Waals surface area contributed by atoms with Crippen LogP contribution in [-0.2, 0) is 4.79 Å². The lowest BCUT2D eigenvalue weighted by atomic mass is 9.79. The molecule has 0 aromatic heterocycles. The number of anilines is 1. The highest BCUT2D eigenvalue weighted by Crippen LogP contribution is 2.37. The van der Waals surface area contributed by atoms with Crippen molar-refractivity contribution in [1.29, 1.82) is 0 Å². The molecule has 21 heavy (non-hydrogen) atoms. The first-order chi connectivity index (χ1) is 10.00. The van der Waals surface area contributed by atoms with E-state index in [2.05, 4.69) is 26.0 Å². The molecular formula is C18H28N2O. The Balaban J connectivity index is 2.27. The highest BCUT2D eigenvalue weighted by atomic mass is 16.2. The van der Waals surface area contributed by atoms with E-state index in [9.17, 15) is 4.79 Å². The Morgan fingerprint density at radius 1 is 1.19 bits per heavy atom. The smallest absolute Gasteiger partial charge is 0.234 e. The number of nitrogens with zero attached hydrogens (tertiary/aromatic N) is 1. The van der Waals surface area contributed by atoms with Crippen molar-refractivity contribution in [3.8, 4) is 0 Å². The molecule has 1 saturated carbocycles. The number of benzene rings is 1. The fourth-order valence-electron chi connectivity index (χ4n) is 3.56. The molecule has 1 aromatic rings. The minimum atomic E-state index is -0.359. The molecule has 1 aliphatic rings. The highest BCUT2D eigenvalue weighted by molar-refractivity contribution is 5.98. The fourth-order valence-corrected chi connectivity index (χ4v) is 3.56. The maximum Gasteiger partial charge on any atom is 0.234 e. The summed E-state index contributed by atoms with van der Waals surface area (Å²) < 4.78 is 0. The molecule has 2 rings (SSSR count). The predicted molar refractivity (Wildman–Crippen MR) is 88.5 cm³/mol. The van der Waals surface area contributed by atoms with Crippen molar-refractivity contribution in [2.45, 2.75) is 52.4 Å². The van der Waals surface area contributed by atoms with Gasteiger partial charge in [-0.05, 0) is 38.3 Å². The van der Waals surface area contributed by atoms with E-state index < -0.39 is 0 Å². The third-order valence-corrected chi connectivity index (χ3v) is 4.92. The lowest BCUT2D eigenvalue weighted by Crippen LogP contribution is -2.46. The molecule has 0 heterocycles. The second-order valence-corrected chi connectivity index (χ2v) is 6.55. The largest absolute Gasteiger partial charge is 0.329 e. The number of carbonyl (C=O) groups is 1. The van der Waals surface area contributed by atoms with E-state index in [1.807, 2.05) is 18.0 Å². The lowest BCUT2D eigenvalue weighted by molar-refractivity contribution is -0.128. The number of hydrogen-bond donors (Lipinski definition) is 1. The summed E-state index contributed by atoms with van der Waals surface area (Å²) in [5.74, 6) is 0.193. The van der Waals surface area contributed by atoms with Crippen LogP contribution >= 0.6 is 0 Å². The maximum atomic E-state index is 13.1. The number of hydrogen-bond acceptors (Lipinski definition) is 2. The van der Waals surface area contributed by atoms with Crippen molar-refractivity contribution in [3.63, 3.8) is 0 Å². The van der Waals surface area contributed by atoms with Crippen LogP contribution in [0.5, 0.6) is 0 Å². The minimum absolute atomic E-state index is 0.193. The molecule has 2 N–H and O–H groups in total. The number of carbonyl (C=O) groups excluding carboxylic acids is 1. The third-order valence-electron chi connectivity index (χ3n) is 4.92. The maximum absolute atomic E-state index is 13.1. The summed E-state index contributed by atoms with van der Waals surface area (Å²) in [6.07, 6.45) is 6.53. The van der Waals surface area contributed by atoms with Crippen LogP contribution in [0, 0.1) is 19.3 Å². The van der Waals surface area contributed by atoms with Gasteiger partial charge < -0.3 is 10.6 Å². The van der Waals surface area contributed by atoms with Gasteiger partial charge in [-0.25, -0.2) is 0 Å². The zero-order valence-electron chi connectivity index (χ0n) is 13.6. The minimum Gasteiger partial charge on any atom is -0.329 e. The zero-order valence-corrected chi connectivity index (χ0v) is 13.6. The molecule has 1 aliphatic carbocycles. The number of amides is 1. The molecule has 0 spiro atoms. The molecule has 116 valence electrons. The third kappa shape index (κ3) is 3.29. The van der Waals surface area contributed by atoms with Crippen molar-refractivity contribution in [3.05, 3.63) is 29.3 Å². The Morgan fingerprint density at radius 3 is 2.33 bits per heavy atom. The lowest BCUT2D eigenvalue weighted by Gasteiger charge is -2.34. The van der Waals surface area contributed by atoms with E-state index in [1.165, 1.54) is 18.4 Å². The molecule has 0 aliphatic heterocycles. The standard InChI is InChI=1S/C18H28N2O/c1-14-8-9-16(15(2)12-14)20(3)17(21)18(13-19)10-6-4-5-7-11-18/h8-9,12H,4-7,10-11,13,19H2,1-3H3. The van der Waals surface area contributed by atoms with E-state index in [4.69, 9.17) is 5.73 Å². The SMILES string of the molecule is Cc1ccc(N(C)C(=O)C2(CN)CCCCCC2)c(C)c1. The van der Waals surface area contributed by atoms with Crippen LogP contribution in [0.4, 0.5) is 5.69 Å². The zero-order chi connectivity index (χ0) is 15.5. The summed E-state index contributed by atoms with van der Waals surface area (Å²) in [5.41, 5.74) is 9.05. The van der Waals surface area contributed by atoms with Gasteiger partial charge in [-0.1, -0.05) is 43.4 Å². The van der Waals surface area contributed by atoms with Gasteiger partial charge in [0.15, 0.2) is 0 Å². The summed E-state index contributed by atoms with van der Waals surface area (Å²) in [5, 5.41) is 0. The van der Waals surface area contributed by atoms with Crippen LogP contribution < -0.4 is 10.6 Å². The topological polar surface area (TPSA) is 46.3 Å². The van der Waals surface area contributed by atoms with Crippen LogP contribution in [0.25, 0.3) is 0 Å². The van der Waals surface area contributed by atoms with Crippen molar-refractivity contribution in [1.82, 2.24) is 0 Å². The number of rotatable bonds is 3. The van der Waals surface area contributed by atoms with Crippen LogP contribution in [0.3, 0.4) is 0 Å². The molecule has 3 nitrogen and oxygen atoms in total. The van der Waals surface area contributed by atoms with Crippen LogP contribution in [0.2, 0.25) is 0 Å². The fraction of sp³-hybridized carbons (Fsp3) is 0.611. The Morgan fingerprint density at radius 2 is 1.81 bits per heavy atom. The van der Waals surface area contributed by atoms with E-state index in [0.717, 1.165) is 36.9 Å². The van der Waals surface area contributed by atoms with Gasteiger partial charge in [0.1, 0.15) is 0 Å². The van der Waals surface area contributed by atoms with Crippen molar-refractivity contribution in [2.24, 2.45) is 11.1 Å². The van der Waals surface area contributed by atoms with Gasteiger partial charge in [-0.2, -0.15) is 0 Å². The normalized spacial score (nSPS) is 18.1. The molecule has 0 bridgehead atoms. The molecule has 1 amide bonds.